The van der Waals surface area contributed by atoms with E-state index in [-0.39, 0.29) is 24.6 Å². The summed E-state index contributed by atoms with van der Waals surface area (Å²) in [7, 11) is 0. The van der Waals surface area contributed by atoms with Gasteiger partial charge in [0.2, 0.25) is 5.91 Å². The SMILES string of the molecule is C=C(c1ccc(Cl)cc1F)n1cnc2ccc(N3CCN(C(=O)[C@H]4CCCN4)C(CO)C3)cc21. The summed E-state index contributed by atoms with van der Waals surface area (Å²) < 4.78 is 16.3. The highest BCUT2D eigenvalue weighted by molar-refractivity contribution is 6.30. The zero-order valence-corrected chi connectivity index (χ0v) is 19.5. The Hall–Kier alpha value is -2.94. The Labute approximate surface area is 202 Å². The quantitative estimate of drug-likeness (QED) is 0.583. The number of anilines is 1. The topological polar surface area (TPSA) is 73.6 Å². The summed E-state index contributed by atoms with van der Waals surface area (Å²) in [6.07, 6.45) is 3.47. The Morgan fingerprint density at radius 3 is 2.85 bits per heavy atom. The maximum absolute atomic E-state index is 14.5. The fraction of sp³-hybridized carbons (Fsp3) is 0.360. The number of rotatable bonds is 5. The number of nitrogens with one attached hydrogen (secondary N) is 1. The van der Waals surface area contributed by atoms with Crippen molar-refractivity contribution in [2.24, 2.45) is 0 Å². The average molecular weight is 484 g/mol. The van der Waals surface area contributed by atoms with E-state index in [1.807, 2.05) is 23.1 Å². The number of aliphatic hydroxyl groups excluding tert-OH is 1. The van der Waals surface area contributed by atoms with Crippen LogP contribution in [0.25, 0.3) is 16.7 Å². The molecule has 9 heteroatoms. The molecule has 178 valence electrons. The molecule has 2 aromatic carbocycles. The van der Waals surface area contributed by atoms with Gasteiger partial charge in [0.05, 0.1) is 35.4 Å². The number of carbonyl (C=O) groups is 1. The summed E-state index contributed by atoms with van der Waals surface area (Å²) in [6, 6.07) is 9.97. The molecule has 2 aliphatic heterocycles. The molecule has 0 bridgehead atoms. The molecule has 2 N–H and O–H groups in total. The van der Waals surface area contributed by atoms with Crippen LogP contribution in [0.5, 0.6) is 0 Å². The summed E-state index contributed by atoms with van der Waals surface area (Å²) in [4.78, 5) is 21.3. The second kappa shape index (κ2) is 9.37. The summed E-state index contributed by atoms with van der Waals surface area (Å²) >= 11 is 5.90. The van der Waals surface area contributed by atoms with Gasteiger partial charge in [0.25, 0.3) is 0 Å². The van der Waals surface area contributed by atoms with Gasteiger partial charge in [0, 0.05) is 35.9 Å². The first-order valence-electron chi connectivity index (χ1n) is 11.5. The first-order valence-corrected chi connectivity index (χ1v) is 11.9. The Bertz CT molecular complexity index is 1240. The lowest BCUT2D eigenvalue weighted by molar-refractivity contribution is -0.136. The highest BCUT2D eigenvalue weighted by Crippen LogP contribution is 2.29. The molecule has 0 aliphatic carbocycles. The number of carbonyl (C=O) groups excluding carboxylic acids is 1. The summed E-state index contributed by atoms with van der Waals surface area (Å²) in [5.41, 5.74) is 3.32. The second-order valence-electron chi connectivity index (χ2n) is 8.82. The minimum absolute atomic E-state index is 0.0750. The molecule has 1 unspecified atom stereocenters. The number of hydrogen-bond donors (Lipinski definition) is 2. The maximum Gasteiger partial charge on any atom is 0.240 e. The number of benzene rings is 2. The number of aromatic nitrogens is 2. The van der Waals surface area contributed by atoms with Crippen LogP contribution in [0.4, 0.5) is 10.1 Å². The van der Waals surface area contributed by atoms with Gasteiger partial charge in [-0.25, -0.2) is 9.37 Å². The summed E-state index contributed by atoms with van der Waals surface area (Å²) in [5.74, 6) is -0.371. The van der Waals surface area contributed by atoms with Crippen molar-refractivity contribution >= 4 is 39.9 Å². The van der Waals surface area contributed by atoms with Gasteiger partial charge in [-0.2, -0.15) is 0 Å². The highest BCUT2D eigenvalue weighted by atomic mass is 35.5. The van der Waals surface area contributed by atoms with Crippen LogP contribution >= 0.6 is 11.6 Å². The zero-order valence-electron chi connectivity index (χ0n) is 18.8. The molecule has 3 heterocycles. The first kappa shape index (κ1) is 22.8. The third kappa shape index (κ3) is 4.17. The monoisotopic (exact) mass is 483 g/mol. The van der Waals surface area contributed by atoms with Crippen molar-refractivity contribution in [3.63, 3.8) is 0 Å². The molecular weight excluding hydrogens is 457 g/mol. The number of piperazine rings is 1. The second-order valence-corrected chi connectivity index (χ2v) is 9.26. The van der Waals surface area contributed by atoms with Gasteiger partial charge >= 0.3 is 0 Å². The van der Waals surface area contributed by atoms with E-state index in [9.17, 15) is 14.3 Å². The molecule has 3 aromatic rings. The van der Waals surface area contributed by atoms with Crippen molar-refractivity contribution < 1.29 is 14.3 Å². The Balaban J connectivity index is 1.39. The summed E-state index contributed by atoms with van der Waals surface area (Å²) in [6.45, 7) is 6.58. The predicted octanol–water partition coefficient (Wildman–Crippen LogP) is 3.11. The lowest BCUT2D eigenvalue weighted by atomic mass is 10.1. The lowest BCUT2D eigenvalue weighted by Crippen LogP contribution is -2.59. The van der Waals surface area contributed by atoms with E-state index in [1.54, 1.807) is 23.0 Å². The van der Waals surface area contributed by atoms with E-state index < -0.39 is 5.82 Å². The van der Waals surface area contributed by atoms with Crippen molar-refractivity contribution in [2.45, 2.75) is 24.9 Å². The maximum atomic E-state index is 14.5. The fourth-order valence-corrected chi connectivity index (χ4v) is 5.05. The number of aliphatic hydroxyl groups is 1. The minimum Gasteiger partial charge on any atom is -0.394 e. The molecule has 2 fully saturated rings. The summed E-state index contributed by atoms with van der Waals surface area (Å²) in [5, 5.41) is 13.6. The van der Waals surface area contributed by atoms with Crippen LogP contribution in [-0.4, -0.2) is 70.3 Å². The van der Waals surface area contributed by atoms with Crippen molar-refractivity contribution in [3.8, 4) is 0 Å². The van der Waals surface area contributed by atoms with Crippen molar-refractivity contribution in [1.82, 2.24) is 19.8 Å². The number of imidazole rings is 1. The normalized spacial score (nSPS) is 20.8. The minimum atomic E-state index is -0.446. The van der Waals surface area contributed by atoms with Crippen molar-refractivity contribution in [3.05, 3.63) is 65.7 Å². The van der Waals surface area contributed by atoms with Gasteiger partial charge in [-0.1, -0.05) is 18.2 Å². The number of halogens is 2. The van der Waals surface area contributed by atoms with Crippen molar-refractivity contribution in [2.75, 3.05) is 37.7 Å². The number of amides is 1. The number of hydrogen-bond acceptors (Lipinski definition) is 5. The molecule has 1 aromatic heterocycles. The third-order valence-electron chi connectivity index (χ3n) is 6.76. The zero-order chi connectivity index (χ0) is 23.8. The smallest absolute Gasteiger partial charge is 0.240 e. The van der Waals surface area contributed by atoms with Crippen LogP contribution in [0.2, 0.25) is 5.02 Å². The van der Waals surface area contributed by atoms with Gasteiger partial charge in [0.1, 0.15) is 12.1 Å². The standard InChI is InChI=1S/C25H27ClFN5O2/c1-16(20-6-4-17(26)11-21(20)27)32-15-29-22-7-5-18(12-24(22)32)30-9-10-31(19(13-30)14-33)25(34)23-3-2-8-28-23/h4-7,11-12,15,19,23,28,33H,1-3,8-10,13-14H2/t19?,23-/m1/s1. The van der Waals surface area contributed by atoms with Gasteiger partial charge in [0.15, 0.2) is 0 Å². The molecular formula is C25H27ClFN5O2. The van der Waals surface area contributed by atoms with E-state index in [1.165, 1.54) is 6.07 Å². The molecule has 2 aliphatic rings. The lowest BCUT2D eigenvalue weighted by Gasteiger charge is -2.42. The molecule has 0 spiro atoms. The predicted molar refractivity (Wildman–Crippen MR) is 131 cm³/mol. The van der Waals surface area contributed by atoms with E-state index in [0.29, 0.717) is 35.9 Å². The molecule has 7 nitrogen and oxygen atoms in total. The van der Waals surface area contributed by atoms with Gasteiger partial charge in [-0.05, 0) is 55.8 Å². The van der Waals surface area contributed by atoms with Crippen molar-refractivity contribution in [1.29, 1.82) is 0 Å². The fourth-order valence-electron chi connectivity index (χ4n) is 4.89. The Morgan fingerprint density at radius 1 is 1.26 bits per heavy atom. The Morgan fingerprint density at radius 2 is 2.12 bits per heavy atom. The molecule has 2 saturated heterocycles. The van der Waals surface area contributed by atoms with Crippen LogP contribution in [-0.2, 0) is 4.79 Å². The number of nitrogens with zero attached hydrogens (tertiary/aromatic N) is 4. The number of fused-ring (bicyclic) bond motifs is 1. The van der Waals surface area contributed by atoms with Crippen LogP contribution in [0, 0.1) is 5.82 Å². The molecule has 1 amide bonds. The van der Waals surface area contributed by atoms with Crippen LogP contribution in [0.3, 0.4) is 0 Å². The molecule has 5 rings (SSSR count). The first-order chi connectivity index (χ1) is 16.5. The van der Waals surface area contributed by atoms with Crippen LogP contribution < -0.4 is 10.2 Å². The molecule has 0 saturated carbocycles. The van der Waals surface area contributed by atoms with Gasteiger partial charge < -0.3 is 20.2 Å². The van der Waals surface area contributed by atoms with E-state index >= 15 is 0 Å². The highest BCUT2D eigenvalue weighted by Gasteiger charge is 2.35. The average Bonchev–Trinajstić information content (AvgIpc) is 3.53. The molecule has 34 heavy (non-hydrogen) atoms. The largest absolute Gasteiger partial charge is 0.394 e. The van der Waals surface area contributed by atoms with E-state index in [2.05, 4.69) is 21.8 Å². The van der Waals surface area contributed by atoms with Gasteiger partial charge in [-0.3, -0.25) is 9.36 Å². The molecule has 0 radical (unpaired) electrons. The third-order valence-corrected chi connectivity index (χ3v) is 7.00. The van der Waals surface area contributed by atoms with Crippen LogP contribution in [0.15, 0.2) is 49.3 Å². The molecule has 2 atom stereocenters. The Kier molecular flexibility index (Phi) is 6.29. The van der Waals surface area contributed by atoms with E-state index in [0.717, 1.165) is 36.1 Å². The van der Waals surface area contributed by atoms with E-state index in [4.69, 9.17) is 11.6 Å². The van der Waals surface area contributed by atoms with Crippen LogP contribution in [0.1, 0.15) is 18.4 Å². The van der Waals surface area contributed by atoms with Gasteiger partial charge in [-0.15, -0.1) is 0 Å².